The summed E-state index contributed by atoms with van der Waals surface area (Å²) in [5.74, 6) is -0.00212. The van der Waals surface area contributed by atoms with Crippen LogP contribution < -0.4 is 4.90 Å². The number of Topliss-reactive ketones (excluding diaryl/α,β-unsaturated/α-hetero) is 1. The number of aromatic nitrogens is 2. The van der Waals surface area contributed by atoms with E-state index >= 15 is 0 Å². The summed E-state index contributed by atoms with van der Waals surface area (Å²) >= 11 is 1.53. The van der Waals surface area contributed by atoms with Crippen LogP contribution in [0.2, 0.25) is 0 Å². The van der Waals surface area contributed by atoms with Crippen molar-refractivity contribution in [2.75, 3.05) is 11.4 Å². The molecule has 0 aliphatic carbocycles. The number of carbonyl (C=O) groups excluding carboxylic acids is 3. The first kappa shape index (κ1) is 20.9. The summed E-state index contributed by atoms with van der Waals surface area (Å²) in [7, 11) is 0. The number of amides is 1. The van der Waals surface area contributed by atoms with Gasteiger partial charge in [-0.1, -0.05) is 5.16 Å². The van der Waals surface area contributed by atoms with Crippen molar-refractivity contribution in [3.8, 4) is 11.4 Å². The molecular weight excluding hydrogens is 418 g/mol. The predicted octanol–water partition coefficient (Wildman–Crippen LogP) is 3.45. The van der Waals surface area contributed by atoms with E-state index in [0.717, 1.165) is 16.8 Å². The van der Waals surface area contributed by atoms with E-state index in [-0.39, 0.29) is 24.5 Å². The zero-order valence-electron chi connectivity index (χ0n) is 17.2. The van der Waals surface area contributed by atoms with Crippen molar-refractivity contribution < 1.29 is 23.6 Å². The van der Waals surface area contributed by atoms with Gasteiger partial charge in [0, 0.05) is 42.1 Å². The van der Waals surface area contributed by atoms with Gasteiger partial charge in [0.15, 0.2) is 6.10 Å². The number of rotatable bonds is 7. The number of ether oxygens (including phenoxy) is 1. The first-order chi connectivity index (χ1) is 14.9. The maximum Gasteiger partial charge on any atom is 0.307 e. The average molecular weight is 439 g/mol. The Bertz CT molecular complexity index is 1120. The van der Waals surface area contributed by atoms with Gasteiger partial charge in [0.25, 0.3) is 0 Å². The summed E-state index contributed by atoms with van der Waals surface area (Å²) in [6.45, 7) is 3.68. The lowest BCUT2D eigenvalue weighted by atomic mass is 10.0. The number of esters is 1. The highest BCUT2D eigenvalue weighted by Gasteiger charge is 2.25. The van der Waals surface area contributed by atoms with E-state index in [1.54, 1.807) is 30.0 Å². The number of carbonyl (C=O) groups is 3. The van der Waals surface area contributed by atoms with Gasteiger partial charge in [0.05, 0.1) is 6.42 Å². The van der Waals surface area contributed by atoms with Gasteiger partial charge in [-0.25, -0.2) is 0 Å². The van der Waals surface area contributed by atoms with Crippen molar-refractivity contribution in [1.29, 1.82) is 0 Å². The largest absolute Gasteiger partial charge is 0.454 e. The lowest BCUT2D eigenvalue weighted by molar-refractivity contribution is -0.146. The summed E-state index contributed by atoms with van der Waals surface area (Å²) in [4.78, 5) is 42.5. The fraction of sp³-hybridized carbons (Fsp3) is 0.318. The highest BCUT2D eigenvalue weighted by Crippen LogP contribution is 2.29. The van der Waals surface area contributed by atoms with E-state index in [4.69, 9.17) is 9.26 Å². The van der Waals surface area contributed by atoms with Crippen molar-refractivity contribution in [3.63, 3.8) is 0 Å². The molecule has 160 valence electrons. The molecule has 4 rings (SSSR count). The van der Waals surface area contributed by atoms with E-state index in [1.165, 1.54) is 18.3 Å². The van der Waals surface area contributed by atoms with Crippen LogP contribution in [0.15, 0.2) is 39.5 Å². The number of anilines is 1. The number of hydrogen-bond donors (Lipinski definition) is 0. The number of ketones is 1. The Labute approximate surface area is 182 Å². The summed E-state index contributed by atoms with van der Waals surface area (Å²) in [6, 6.07) is 7.09. The smallest absolute Gasteiger partial charge is 0.307 e. The Morgan fingerprint density at radius 1 is 1.29 bits per heavy atom. The van der Waals surface area contributed by atoms with Gasteiger partial charge >= 0.3 is 5.97 Å². The zero-order chi connectivity index (χ0) is 22.0. The van der Waals surface area contributed by atoms with Gasteiger partial charge in [-0.2, -0.15) is 16.3 Å². The molecule has 1 aromatic carbocycles. The highest BCUT2D eigenvalue weighted by molar-refractivity contribution is 7.08. The Balaban J connectivity index is 1.32. The molecule has 3 aromatic rings. The number of fused-ring (bicyclic) bond motifs is 1. The van der Waals surface area contributed by atoms with E-state index in [9.17, 15) is 14.4 Å². The second-order valence-corrected chi connectivity index (χ2v) is 8.06. The summed E-state index contributed by atoms with van der Waals surface area (Å²) in [5, 5.41) is 7.73. The minimum atomic E-state index is -0.917. The predicted molar refractivity (Wildman–Crippen MR) is 114 cm³/mol. The van der Waals surface area contributed by atoms with Crippen LogP contribution in [0.3, 0.4) is 0 Å². The molecule has 31 heavy (non-hydrogen) atoms. The van der Waals surface area contributed by atoms with Crippen LogP contribution in [0.1, 0.15) is 42.1 Å². The van der Waals surface area contributed by atoms with Gasteiger partial charge in [-0.15, -0.1) is 0 Å². The molecule has 1 amide bonds. The first-order valence-electron chi connectivity index (χ1n) is 9.92. The normalized spacial score (nSPS) is 13.7. The van der Waals surface area contributed by atoms with E-state index in [2.05, 4.69) is 10.1 Å². The summed E-state index contributed by atoms with van der Waals surface area (Å²) < 4.78 is 10.5. The molecule has 1 unspecified atom stereocenters. The monoisotopic (exact) mass is 439 g/mol. The van der Waals surface area contributed by atoms with Crippen LogP contribution >= 0.6 is 11.3 Å². The maximum atomic E-state index is 12.7. The molecule has 9 heteroatoms. The molecule has 0 spiro atoms. The summed E-state index contributed by atoms with van der Waals surface area (Å²) in [6.07, 6.45) is 0.0406. The van der Waals surface area contributed by atoms with E-state index in [0.29, 0.717) is 30.2 Å². The first-order valence-corrected chi connectivity index (χ1v) is 10.9. The second-order valence-electron chi connectivity index (χ2n) is 7.28. The van der Waals surface area contributed by atoms with Crippen LogP contribution in [-0.4, -0.2) is 40.4 Å². The summed E-state index contributed by atoms with van der Waals surface area (Å²) in [5.41, 5.74) is 3.09. The van der Waals surface area contributed by atoms with E-state index < -0.39 is 12.1 Å². The molecule has 0 fully saturated rings. The quantitative estimate of drug-likeness (QED) is 0.410. The van der Waals surface area contributed by atoms with Gasteiger partial charge in [-0.3, -0.25) is 14.4 Å². The lowest BCUT2D eigenvalue weighted by Gasteiger charge is -2.16. The van der Waals surface area contributed by atoms with Crippen LogP contribution in [0.4, 0.5) is 5.69 Å². The fourth-order valence-corrected chi connectivity index (χ4v) is 4.14. The lowest BCUT2D eigenvalue weighted by Crippen LogP contribution is -2.26. The minimum absolute atomic E-state index is 0.0242. The van der Waals surface area contributed by atoms with Gasteiger partial charge in [0.1, 0.15) is 0 Å². The topological polar surface area (TPSA) is 103 Å². The molecule has 2 aromatic heterocycles. The van der Waals surface area contributed by atoms with Gasteiger partial charge in [0.2, 0.25) is 23.4 Å². The molecule has 0 radical (unpaired) electrons. The van der Waals surface area contributed by atoms with Crippen molar-refractivity contribution in [3.05, 3.63) is 52.0 Å². The average Bonchev–Trinajstić information content (AvgIpc) is 3.51. The molecule has 0 N–H and O–H groups in total. The molecule has 1 aliphatic heterocycles. The van der Waals surface area contributed by atoms with Crippen molar-refractivity contribution in [2.24, 2.45) is 0 Å². The number of hydrogen-bond acceptors (Lipinski definition) is 8. The third-order valence-electron chi connectivity index (χ3n) is 5.11. The molecule has 0 bridgehead atoms. The van der Waals surface area contributed by atoms with Crippen LogP contribution in [0, 0.1) is 0 Å². The number of nitrogens with zero attached hydrogens (tertiary/aromatic N) is 3. The minimum Gasteiger partial charge on any atom is -0.454 e. The molecular formula is C22H21N3O5S. The molecule has 0 saturated carbocycles. The SMILES string of the molecule is CC(=O)N1CCc2cc(C(=O)C(C)OC(=O)CCc3nc(-c4ccsc4)no3)ccc21. The number of benzene rings is 1. The van der Waals surface area contributed by atoms with Crippen molar-refractivity contribution >= 4 is 34.7 Å². The number of thiophene rings is 1. The molecule has 3 heterocycles. The second kappa shape index (κ2) is 8.81. The Kier molecular flexibility index (Phi) is 5.94. The maximum absolute atomic E-state index is 12.7. The third-order valence-corrected chi connectivity index (χ3v) is 5.79. The zero-order valence-corrected chi connectivity index (χ0v) is 18.0. The Morgan fingerprint density at radius 2 is 2.13 bits per heavy atom. The standard InChI is InChI=1S/C22H21N3O5S/c1-13(21(28)16-3-4-18-15(11-16)7-9-25(18)14(2)26)29-20(27)6-5-19-23-22(24-30-19)17-8-10-31-12-17/h3-4,8,10-13H,5-7,9H2,1-2H3. The highest BCUT2D eigenvalue weighted by atomic mass is 32.1. The van der Waals surface area contributed by atoms with Crippen molar-refractivity contribution in [1.82, 2.24) is 10.1 Å². The third kappa shape index (κ3) is 4.56. The number of aryl methyl sites for hydroxylation is 1. The van der Waals surface area contributed by atoms with Gasteiger partial charge < -0.3 is 14.2 Å². The molecule has 1 aliphatic rings. The Morgan fingerprint density at radius 3 is 2.87 bits per heavy atom. The molecule has 0 saturated heterocycles. The fourth-order valence-electron chi connectivity index (χ4n) is 3.50. The molecule has 8 nitrogen and oxygen atoms in total. The van der Waals surface area contributed by atoms with Crippen LogP contribution in [0.5, 0.6) is 0 Å². The van der Waals surface area contributed by atoms with Gasteiger partial charge in [-0.05, 0) is 48.6 Å². The van der Waals surface area contributed by atoms with Crippen LogP contribution in [0.25, 0.3) is 11.4 Å². The Hall–Kier alpha value is -3.33. The van der Waals surface area contributed by atoms with E-state index in [1.807, 2.05) is 16.8 Å². The van der Waals surface area contributed by atoms with Crippen LogP contribution in [-0.2, 0) is 27.2 Å². The van der Waals surface area contributed by atoms with Crippen molar-refractivity contribution in [2.45, 2.75) is 39.2 Å². The molecule has 1 atom stereocenters.